The number of nitrogens with two attached hydrogens (primary N) is 1. The SMILES string of the molecule is Cc1cc(Nc2nc(N[C@H]3CCCC[C@@H]3N)nc3c2ncn3C(C)C)cc2[nH]ccc12. The Morgan fingerprint density at radius 1 is 1.19 bits per heavy atom. The highest BCUT2D eigenvalue weighted by Crippen LogP contribution is 2.29. The minimum absolute atomic E-state index is 0.123. The second-order valence-corrected chi connectivity index (χ2v) is 8.87. The van der Waals surface area contributed by atoms with Crippen molar-refractivity contribution in [3.05, 3.63) is 36.3 Å². The molecule has 162 valence electrons. The molecule has 31 heavy (non-hydrogen) atoms. The Morgan fingerprint density at radius 2 is 2.03 bits per heavy atom. The quantitative estimate of drug-likeness (QED) is 0.376. The molecule has 0 saturated heterocycles. The van der Waals surface area contributed by atoms with Gasteiger partial charge in [0.1, 0.15) is 0 Å². The maximum absolute atomic E-state index is 6.36. The molecule has 0 unspecified atom stereocenters. The predicted molar refractivity (Wildman–Crippen MR) is 126 cm³/mol. The van der Waals surface area contributed by atoms with Crippen molar-refractivity contribution >= 4 is 39.5 Å². The first-order valence-electron chi connectivity index (χ1n) is 11.1. The molecule has 1 aromatic carbocycles. The fraction of sp³-hybridized carbons (Fsp3) is 0.435. The molecular weight excluding hydrogens is 388 g/mol. The van der Waals surface area contributed by atoms with Crippen LogP contribution in [0.1, 0.15) is 51.1 Å². The number of benzene rings is 1. The fourth-order valence-corrected chi connectivity index (χ4v) is 4.51. The number of aromatic nitrogens is 5. The zero-order valence-electron chi connectivity index (χ0n) is 18.3. The van der Waals surface area contributed by atoms with Crippen LogP contribution in [0.15, 0.2) is 30.7 Å². The van der Waals surface area contributed by atoms with Gasteiger partial charge in [-0.25, -0.2) is 4.98 Å². The van der Waals surface area contributed by atoms with Crippen molar-refractivity contribution in [2.45, 2.75) is 64.6 Å². The summed E-state index contributed by atoms with van der Waals surface area (Å²) in [6.45, 7) is 6.37. The van der Waals surface area contributed by atoms with E-state index in [4.69, 9.17) is 15.7 Å². The smallest absolute Gasteiger partial charge is 0.227 e. The fourth-order valence-electron chi connectivity index (χ4n) is 4.51. The summed E-state index contributed by atoms with van der Waals surface area (Å²) in [4.78, 5) is 17.6. The number of imidazole rings is 1. The van der Waals surface area contributed by atoms with Crippen molar-refractivity contribution in [3.8, 4) is 0 Å². The lowest BCUT2D eigenvalue weighted by molar-refractivity contribution is 0.402. The molecular formula is C23H30N8. The molecule has 5 rings (SSSR count). The minimum Gasteiger partial charge on any atom is -0.361 e. The van der Waals surface area contributed by atoms with E-state index in [0.717, 1.165) is 35.2 Å². The zero-order valence-corrected chi connectivity index (χ0v) is 18.3. The van der Waals surface area contributed by atoms with Gasteiger partial charge in [0.25, 0.3) is 0 Å². The summed E-state index contributed by atoms with van der Waals surface area (Å²) in [5.74, 6) is 1.29. The largest absolute Gasteiger partial charge is 0.361 e. The molecule has 3 aromatic heterocycles. The maximum atomic E-state index is 6.36. The summed E-state index contributed by atoms with van der Waals surface area (Å²) in [5.41, 5.74) is 11.2. The number of fused-ring (bicyclic) bond motifs is 2. The van der Waals surface area contributed by atoms with Crippen LogP contribution in [0.4, 0.5) is 17.5 Å². The Morgan fingerprint density at radius 3 is 2.84 bits per heavy atom. The van der Waals surface area contributed by atoms with E-state index >= 15 is 0 Å². The maximum Gasteiger partial charge on any atom is 0.227 e. The monoisotopic (exact) mass is 418 g/mol. The van der Waals surface area contributed by atoms with Gasteiger partial charge < -0.3 is 25.9 Å². The van der Waals surface area contributed by atoms with E-state index in [2.05, 4.69) is 64.1 Å². The third-order valence-electron chi connectivity index (χ3n) is 6.25. The van der Waals surface area contributed by atoms with Crippen LogP contribution >= 0.6 is 0 Å². The molecule has 0 amide bonds. The highest BCUT2D eigenvalue weighted by molar-refractivity contribution is 5.90. The van der Waals surface area contributed by atoms with Crippen molar-refractivity contribution in [1.82, 2.24) is 24.5 Å². The van der Waals surface area contributed by atoms with Crippen molar-refractivity contribution in [2.75, 3.05) is 10.6 Å². The third kappa shape index (κ3) is 3.72. The Bertz CT molecular complexity index is 1220. The van der Waals surface area contributed by atoms with Crippen molar-refractivity contribution < 1.29 is 0 Å². The van der Waals surface area contributed by atoms with Crippen LogP contribution in [0.3, 0.4) is 0 Å². The van der Waals surface area contributed by atoms with Gasteiger partial charge in [0.15, 0.2) is 17.0 Å². The van der Waals surface area contributed by atoms with E-state index in [9.17, 15) is 0 Å². The van der Waals surface area contributed by atoms with E-state index in [1.165, 1.54) is 23.8 Å². The van der Waals surface area contributed by atoms with Crippen molar-refractivity contribution in [1.29, 1.82) is 0 Å². The number of H-pyrrole nitrogens is 1. The Hall–Kier alpha value is -3.13. The van der Waals surface area contributed by atoms with Crippen LogP contribution in [0.2, 0.25) is 0 Å². The van der Waals surface area contributed by atoms with Gasteiger partial charge in [-0.1, -0.05) is 12.8 Å². The van der Waals surface area contributed by atoms with Gasteiger partial charge in [0.05, 0.1) is 6.33 Å². The molecule has 1 aliphatic rings. The molecule has 1 fully saturated rings. The summed E-state index contributed by atoms with van der Waals surface area (Å²) < 4.78 is 2.08. The summed E-state index contributed by atoms with van der Waals surface area (Å²) in [7, 11) is 0. The standard InChI is InChI=1S/C23H30N8/c1-13(2)31-12-26-20-21(27-15-10-14(3)16-8-9-25-19(16)11-15)29-23(30-22(20)31)28-18-7-5-4-6-17(18)24/h8-13,17-18,25H,4-7,24H2,1-3H3,(H2,27,28,29,30)/t17-,18-/m0/s1. The van der Waals surface area contributed by atoms with Crippen LogP contribution in [-0.2, 0) is 0 Å². The lowest BCUT2D eigenvalue weighted by Crippen LogP contribution is -2.43. The second-order valence-electron chi connectivity index (χ2n) is 8.87. The Labute approximate surface area is 181 Å². The molecule has 4 aromatic rings. The van der Waals surface area contributed by atoms with Crippen LogP contribution < -0.4 is 16.4 Å². The number of nitrogens with zero attached hydrogens (tertiary/aromatic N) is 4. The number of rotatable bonds is 5. The summed E-state index contributed by atoms with van der Waals surface area (Å²) in [6.07, 6.45) is 8.24. The zero-order chi connectivity index (χ0) is 21.5. The summed E-state index contributed by atoms with van der Waals surface area (Å²) >= 11 is 0. The first kappa shape index (κ1) is 19.8. The van der Waals surface area contributed by atoms with Crippen molar-refractivity contribution in [2.24, 2.45) is 5.73 Å². The average Bonchev–Trinajstić information content (AvgIpc) is 3.37. The first-order valence-corrected chi connectivity index (χ1v) is 11.1. The molecule has 1 aliphatic carbocycles. The molecule has 3 heterocycles. The van der Waals surface area contributed by atoms with E-state index in [-0.39, 0.29) is 18.1 Å². The van der Waals surface area contributed by atoms with Gasteiger partial charge in [-0.05, 0) is 57.4 Å². The average molecular weight is 419 g/mol. The van der Waals surface area contributed by atoms with Crippen LogP contribution in [0, 0.1) is 6.92 Å². The van der Waals surface area contributed by atoms with Crippen molar-refractivity contribution in [3.63, 3.8) is 0 Å². The lowest BCUT2D eigenvalue weighted by Gasteiger charge is -2.29. The van der Waals surface area contributed by atoms with Crippen LogP contribution in [0.25, 0.3) is 22.1 Å². The van der Waals surface area contributed by atoms with E-state index < -0.39 is 0 Å². The highest BCUT2D eigenvalue weighted by atomic mass is 15.2. The lowest BCUT2D eigenvalue weighted by atomic mass is 9.91. The predicted octanol–water partition coefficient (Wildman–Crippen LogP) is 4.62. The summed E-state index contributed by atoms with van der Waals surface area (Å²) in [6, 6.07) is 6.88. The Balaban J connectivity index is 1.56. The summed E-state index contributed by atoms with van der Waals surface area (Å²) in [5, 5.41) is 8.22. The van der Waals surface area contributed by atoms with Gasteiger partial charge in [-0.3, -0.25) is 0 Å². The number of aromatic amines is 1. The number of nitrogens with one attached hydrogen (secondary N) is 3. The topological polar surface area (TPSA) is 109 Å². The second kappa shape index (κ2) is 7.85. The van der Waals surface area contributed by atoms with Gasteiger partial charge in [0, 0.05) is 40.9 Å². The highest BCUT2D eigenvalue weighted by Gasteiger charge is 2.24. The van der Waals surface area contributed by atoms with Gasteiger partial charge in [-0.2, -0.15) is 9.97 Å². The van der Waals surface area contributed by atoms with Gasteiger partial charge in [-0.15, -0.1) is 0 Å². The Kier molecular flexibility index (Phi) is 5.02. The molecule has 0 aliphatic heterocycles. The van der Waals surface area contributed by atoms with E-state index in [0.29, 0.717) is 11.8 Å². The van der Waals surface area contributed by atoms with E-state index in [1.54, 1.807) is 0 Å². The van der Waals surface area contributed by atoms with Gasteiger partial charge >= 0.3 is 0 Å². The molecule has 1 saturated carbocycles. The molecule has 2 atom stereocenters. The molecule has 0 radical (unpaired) electrons. The first-order chi connectivity index (χ1) is 15.0. The molecule has 8 heteroatoms. The van der Waals surface area contributed by atoms with Gasteiger partial charge in [0.2, 0.25) is 5.95 Å². The number of anilines is 3. The number of hydrogen-bond donors (Lipinski definition) is 4. The van der Waals surface area contributed by atoms with E-state index in [1.807, 2.05) is 12.5 Å². The molecule has 0 bridgehead atoms. The molecule has 5 N–H and O–H groups in total. The number of hydrogen-bond acceptors (Lipinski definition) is 6. The molecule has 8 nitrogen and oxygen atoms in total. The van der Waals surface area contributed by atoms with Crippen LogP contribution in [0.5, 0.6) is 0 Å². The number of aryl methyl sites for hydroxylation is 1. The minimum atomic E-state index is 0.123. The third-order valence-corrected chi connectivity index (χ3v) is 6.25. The van der Waals surface area contributed by atoms with Crippen LogP contribution in [-0.4, -0.2) is 36.6 Å². The molecule has 0 spiro atoms. The normalized spacial score (nSPS) is 19.4.